The van der Waals surface area contributed by atoms with Gasteiger partial charge in [-0.3, -0.25) is 0 Å². The summed E-state index contributed by atoms with van der Waals surface area (Å²) in [6, 6.07) is 0. The van der Waals surface area contributed by atoms with Gasteiger partial charge in [-0.1, -0.05) is 32.6 Å². The van der Waals surface area contributed by atoms with E-state index in [1.165, 1.54) is 57.4 Å². The summed E-state index contributed by atoms with van der Waals surface area (Å²) in [6.45, 7) is 5.03. The molecule has 1 nitrogen and oxygen atoms in total. The lowest BCUT2D eigenvalue weighted by Crippen LogP contribution is -2.48. The first-order chi connectivity index (χ1) is 7.80. The van der Waals surface area contributed by atoms with E-state index < -0.39 is 0 Å². The molecule has 0 aromatic heterocycles. The Morgan fingerprint density at radius 2 is 2.06 bits per heavy atom. The standard InChI is InChI=1S/C14H25NS/c1-11-8-14(10-16-11)6-7-15-9-13(14)12-4-2-3-5-12/h11-13,15H,2-10H2,1H3. The Hall–Kier alpha value is 0.310. The molecule has 1 N–H and O–H groups in total. The monoisotopic (exact) mass is 239 g/mol. The molecular weight excluding hydrogens is 214 g/mol. The highest BCUT2D eigenvalue weighted by Crippen LogP contribution is 2.54. The maximum Gasteiger partial charge on any atom is 0.00246 e. The molecule has 92 valence electrons. The van der Waals surface area contributed by atoms with Crippen LogP contribution < -0.4 is 5.32 Å². The van der Waals surface area contributed by atoms with Crippen LogP contribution in [0.25, 0.3) is 0 Å². The Bertz CT molecular complexity index is 245. The van der Waals surface area contributed by atoms with Crippen molar-refractivity contribution in [1.82, 2.24) is 5.32 Å². The van der Waals surface area contributed by atoms with Crippen molar-refractivity contribution in [2.45, 2.75) is 50.7 Å². The van der Waals surface area contributed by atoms with Gasteiger partial charge >= 0.3 is 0 Å². The highest BCUT2D eigenvalue weighted by atomic mass is 32.2. The van der Waals surface area contributed by atoms with Gasteiger partial charge in [-0.25, -0.2) is 0 Å². The van der Waals surface area contributed by atoms with Gasteiger partial charge in [0, 0.05) is 5.25 Å². The third kappa shape index (κ3) is 1.92. The second-order valence-electron chi connectivity index (χ2n) is 6.29. The Kier molecular flexibility index (Phi) is 3.23. The Morgan fingerprint density at radius 3 is 2.75 bits per heavy atom. The Labute approximate surface area is 104 Å². The minimum atomic E-state index is 0.727. The highest BCUT2D eigenvalue weighted by Gasteiger charge is 2.48. The number of rotatable bonds is 1. The van der Waals surface area contributed by atoms with E-state index in [2.05, 4.69) is 24.0 Å². The first kappa shape index (κ1) is 11.4. The predicted octanol–water partition coefficient (Wildman–Crippen LogP) is 3.30. The first-order valence-electron chi connectivity index (χ1n) is 7.12. The number of hydrogen-bond donors (Lipinski definition) is 1. The fourth-order valence-corrected chi connectivity index (χ4v) is 6.00. The zero-order chi connectivity index (χ0) is 11.0. The van der Waals surface area contributed by atoms with Crippen molar-refractivity contribution < 1.29 is 0 Å². The third-order valence-corrected chi connectivity index (χ3v) is 6.75. The van der Waals surface area contributed by atoms with E-state index in [0.29, 0.717) is 0 Å². The van der Waals surface area contributed by atoms with Gasteiger partial charge in [-0.05, 0) is 48.9 Å². The first-order valence-corrected chi connectivity index (χ1v) is 8.17. The largest absolute Gasteiger partial charge is 0.316 e. The molecule has 1 spiro atoms. The molecule has 1 saturated carbocycles. The molecule has 3 aliphatic rings. The van der Waals surface area contributed by atoms with Crippen LogP contribution in [0, 0.1) is 17.3 Å². The average Bonchev–Trinajstić information content (AvgIpc) is 2.90. The summed E-state index contributed by atoms with van der Waals surface area (Å²) >= 11 is 2.24. The van der Waals surface area contributed by atoms with E-state index >= 15 is 0 Å². The minimum absolute atomic E-state index is 0.727. The van der Waals surface area contributed by atoms with Crippen LogP contribution >= 0.6 is 11.8 Å². The summed E-state index contributed by atoms with van der Waals surface area (Å²) < 4.78 is 0. The molecule has 2 heterocycles. The minimum Gasteiger partial charge on any atom is -0.316 e. The molecule has 0 amide bonds. The molecule has 3 unspecified atom stereocenters. The van der Waals surface area contributed by atoms with Gasteiger partial charge in [-0.2, -0.15) is 11.8 Å². The quantitative estimate of drug-likeness (QED) is 0.753. The zero-order valence-electron chi connectivity index (χ0n) is 10.5. The summed E-state index contributed by atoms with van der Waals surface area (Å²) in [5, 5.41) is 4.59. The molecule has 2 saturated heterocycles. The van der Waals surface area contributed by atoms with Gasteiger partial charge in [0.15, 0.2) is 0 Å². The third-order valence-electron chi connectivity index (χ3n) is 5.27. The summed E-state index contributed by atoms with van der Waals surface area (Å²) in [6.07, 6.45) is 8.99. The van der Waals surface area contributed by atoms with Crippen molar-refractivity contribution in [2.24, 2.45) is 17.3 Å². The van der Waals surface area contributed by atoms with Crippen LogP contribution in [0.3, 0.4) is 0 Å². The van der Waals surface area contributed by atoms with Gasteiger partial charge < -0.3 is 5.32 Å². The molecule has 2 heteroatoms. The topological polar surface area (TPSA) is 12.0 Å². The van der Waals surface area contributed by atoms with Crippen molar-refractivity contribution in [3.8, 4) is 0 Å². The Morgan fingerprint density at radius 1 is 1.25 bits per heavy atom. The lowest BCUT2D eigenvalue weighted by atomic mass is 9.64. The molecule has 1 aliphatic carbocycles. The number of piperidine rings is 1. The highest BCUT2D eigenvalue weighted by molar-refractivity contribution is 8.00. The lowest BCUT2D eigenvalue weighted by molar-refractivity contribution is 0.0816. The second-order valence-corrected chi connectivity index (χ2v) is 7.72. The molecule has 2 aliphatic heterocycles. The molecule has 3 rings (SSSR count). The molecule has 0 aromatic carbocycles. The van der Waals surface area contributed by atoms with Gasteiger partial charge in [0.05, 0.1) is 0 Å². The Balaban J connectivity index is 1.77. The van der Waals surface area contributed by atoms with Crippen LogP contribution in [0.15, 0.2) is 0 Å². The normalized spacial score (nSPS) is 45.6. The SMILES string of the molecule is CC1CC2(CCNCC2C2CCCC2)CS1. The number of thioether (sulfide) groups is 1. The summed E-state index contributed by atoms with van der Waals surface area (Å²) in [5.74, 6) is 3.51. The van der Waals surface area contributed by atoms with Crippen molar-refractivity contribution in [3.63, 3.8) is 0 Å². The van der Waals surface area contributed by atoms with E-state index in [1.54, 1.807) is 0 Å². The van der Waals surface area contributed by atoms with Crippen LogP contribution in [0.4, 0.5) is 0 Å². The van der Waals surface area contributed by atoms with Gasteiger partial charge in [0.25, 0.3) is 0 Å². The van der Waals surface area contributed by atoms with E-state index in [9.17, 15) is 0 Å². The fourth-order valence-electron chi connectivity index (χ4n) is 4.45. The fraction of sp³-hybridized carbons (Fsp3) is 1.00. The van der Waals surface area contributed by atoms with Crippen LogP contribution in [0.2, 0.25) is 0 Å². The maximum atomic E-state index is 3.67. The second kappa shape index (κ2) is 4.53. The van der Waals surface area contributed by atoms with Crippen LogP contribution in [0.1, 0.15) is 45.4 Å². The predicted molar refractivity (Wildman–Crippen MR) is 71.9 cm³/mol. The van der Waals surface area contributed by atoms with E-state index in [-0.39, 0.29) is 0 Å². The molecular formula is C14H25NS. The van der Waals surface area contributed by atoms with Crippen LogP contribution in [0.5, 0.6) is 0 Å². The summed E-state index contributed by atoms with van der Waals surface area (Å²) in [4.78, 5) is 0. The van der Waals surface area contributed by atoms with Crippen molar-refractivity contribution in [2.75, 3.05) is 18.8 Å². The summed E-state index contributed by atoms with van der Waals surface area (Å²) in [5.41, 5.74) is 0.727. The van der Waals surface area contributed by atoms with Crippen molar-refractivity contribution in [1.29, 1.82) is 0 Å². The van der Waals surface area contributed by atoms with E-state index in [0.717, 1.165) is 22.5 Å². The zero-order valence-corrected chi connectivity index (χ0v) is 11.3. The molecule has 0 radical (unpaired) electrons. The van der Waals surface area contributed by atoms with Gasteiger partial charge in [0.1, 0.15) is 0 Å². The van der Waals surface area contributed by atoms with Crippen LogP contribution in [-0.2, 0) is 0 Å². The maximum absolute atomic E-state index is 3.67. The van der Waals surface area contributed by atoms with Crippen molar-refractivity contribution in [3.05, 3.63) is 0 Å². The van der Waals surface area contributed by atoms with E-state index in [1.807, 2.05) is 0 Å². The average molecular weight is 239 g/mol. The molecule has 3 fully saturated rings. The molecule has 0 aromatic rings. The number of hydrogen-bond acceptors (Lipinski definition) is 2. The lowest BCUT2D eigenvalue weighted by Gasteiger charge is -2.45. The number of nitrogens with one attached hydrogen (secondary N) is 1. The summed E-state index contributed by atoms with van der Waals surface area (Å²) in [7, 11) is 0. The van der Waals surface area contributed by atoms with Gasteiger partial charge in [0.2, 0.25) is 0 Å². The molecule has 0 bridgehead atoms. The smallest absolute Gasteiger partial charge is 0.00246 e. The van der Waals surface area contributed by atoms with Crippen LogP contribution in [-0.4, -0.2) is 24.1 Å². The van der Waals surface area contributed by atoms with Crippen molar-refractivity contribution >= 4 is 11.8 Å². The van der Waals surface area contributed by atoms with E-state index in [4.69, 9.17) is 0 Å². The molecule has 3 atom stereocenters. The van der Waals surface area contributed by atoms with Gasteiger partial charge in [-0.15, -0.1) is 0 Å². The molecule has 16 heavy (non-hydrogen) atoms.